The third kappa shape index (κ3) is 6.59. The Morgan fingerprint density at radius 2 is 1.76 bits per heavy atom. The number of carbonyl (C=O) groups is 1. The number of aliphatic hydroxyl groups is 1. The minimum absolute atomic E-state index is 0.0685. The van der Waals surface area contributed by atoms with Crippen molar-refractivity contribution in [1.82, 2.24) is 29.7 Å². The summed E-state index contributed by atoms with van der Waals surface area (Å²) in [7, 11) is 1.56. The predicted octanol–water partition coefficient (Wildman–Crippen LogP) is 5.59. The lowest BCUT2D eigenvalue weighted by atomic mass is 9.97. The van der Waals surface area contributed by atoms with Crippen LogP contribution in [0.15, 0.2) is 42.6 Å². The Labute approximate surface area is 273 Å². The molecule has 1 fully saturated rings. The summed E-state index contributed by atoms with van der Waals surface area (Å²) in [6.07, 6.45) is 3.42. The Bertz CT molecular complexity index is 1740. The lowest BCUT2D eigenvalue weighted by molar-refractivity contribution is -0.00403. The van der Waals surface area contributed by atoms with Crippen molar-refractivity contribution in [1.29, 1.82) is 0 Å². The molecule has 45 heavy (non-hydrogen) atoms. The first-order valence-corrected chi connectivity index (χ1v) is 16.0. The quantitative estimate of drug-likeness (QED) is 0.221. The number of aryl methyl sites for hydroxylation is 1. The molecule has 1 saturated heterocycles. The van der Waals surface area contributed by atoms with Crippen LogP contribution in [0.5, 0.6) is 5.88 Å². The highest BCUT2D eigenvalue weighted by atomic mass is 35.5. The third-order valence-electron chi connectivity index (χ3n) is 8.45. The molecule has 234 valence electrons. The summed E-state index contributed by atoms with van der Waals surface area (Å²) >= 11 is 14.0. The van der Waals surface area contributed by atoms with E-state index in [0.29, 0.717) is 69.2 Å². The molecule has 11 heteroatoms. The predicted molar refractivity (Wildman–Crippen MR) is 175 cm³/mol. The molecule has 6 rings (SSSR count). The molecule has 0 aliphatic carbocycles. The van der Waals surface area contributed by atoms with Gasteiger partial charge in [-0.25, -0.2) is 15.0 Å². The van der Waals surface area contributed by atoms with Gasteiger partial charge in [0.2, 0.25) is 11.7 Å². The molecule has 2 aromatic carbocycles. The van der Waals surface area contributed by atoms with Gasteiger partial charge in [0, 0.05) is 61.5 Å². The minimum atomic E-state index is -0.300. The number of ketones is 1. The van der Waals surface area contributed by atoms with Gasteiger partial charge in [0.05, 0.1) is 40.8 Å². The number of hydrogen-bond acceptors (Lipinski definition) is 9. The largest absolute Gasteiger partial charge is 0.480 e. The number of fused-ring (bicyclic) bond motifs is 1. The number of hydrogen-bond donors (Lipinski definition) is 1. The summed E-state index contributed by atoms with van der Waals surface area (Å²) in [5.41, 5.74) is 7.00. The fourth-order valence-electron chi connectivity index (χ4n) is 6.10. The van der Waals surface area contributed by atoms with Crippen molar-refractivity contribution in [3.63, 3.8) is 0 Å². The Morgan fingerprint density at radius 3 is 2.49 bits per heavy atom. The van der Waals surface area contributed by atoms with Crippen LogP contribution in [0.4, 0.5) is 0 Å². The Kier molecular flexibility index (Phi) is 9.44. The van der Waals surface area contributed by atoms with Gasteiger partial charge in [-0.1, -0.05) is 66.5 Å². The highest BCUT2D eigenvalue weighted by molar-refractivity contribution is 6.38. The van der Waals surface area contributed by atoms with Gasteiger partial charge in [-0.2, -0.15) is 0 Å². The summed E-state index contributed by atoms with van der Waals surface area (Å²) < 4.78 is 5.55. The molecule has 2 aliphatic rings. The number of aromatic nitrogens is 4. The second-order valence-electron chi connectivity index (χ2n) is 11.7. The smallest absolute Gasteiger partial charge is 0.237 e. The Hall–Kier alpha value is -3.47. The van der Waals surface area contributed by atoms with Crippen molar-refractivity contribution in [3.05, 3.63) is 86.7 Å². The molecule has 1 N–H and O–H groups in total. The number of β-amino-alcohol motifs (C(OH)–C–C–N with tert-alkyl or cyclic N) is 1. The Morgan fingerprint density at radius 1 is 1.02 bits per heavy atom. The van der Waals surface area contributed by atoms with E-state index in [9.17, 15) is 9.90 Å². The molecule has 0 saturated carbocycles. The van der Waals surface area contributed by atoms with Gasteiger partial charge < -0.3 is 9.84 Å². The van der Waals surface area contributed by atoms with Crippen LogP contribution in [0.1, 0.15) is 52.2 Å². The van der Waals surface area contributed by atoms with E-state index in [4.69, 9.17) is 37.9 Å². The zero-order valence-corrected chi connectivity index (χ0v) is 27.2. The second kappa shape index (κ2) is 13.5. The van der Waals surface area contributed by atoms with Crippen molar-refractivity contribution in [2.75, 3.05) is 33.3 Å². The number of ether oxygens (including phenoxy) is 1. The monoisotopic (exact) mass is 646 g/mol. The summed E-state index contributed by atoms with van der Waals surface area (Å²) in [4.78, 5) is 36.6. The van der Waals surface area contributed by atoms with E-state index in [2.05, 4.69) is 26.7 Å². The van der Waals surface area contributed by atoms with Crippen LogP contribution in [0.3, 0.4) is 0 Å². The molecule has 4 heterocycles. The van der Waals surface area contributed by atoms with Crippen molar-refractivity contribution in [2.45, 2.75) is 52.3 Å². The number of carbonyl (C=O) groups excluding carboxylic acids is 1. The summed E-state index contributed by atoms with van der Waals surface area (Å²) in [5.74, 6) is 0.460. The molecular weight excluding hydrogens is 611 g/mol. The topological polar surface area (TPSA) is 105 Å². The van der Waals surface area contributed by atoms with E-state index in [-0.39, 0.29) is 24.1 Å². The number of Topliss-reactive ketones (excluding diaryl/α,β-unsaturated/α-hetero) is 1. The molecule has 9 nitrogen and oxygen atoms in total. The molecule has 0 unspecified atom stereocenters. The van der Waals surface area contributed by atoms with Crippen molar-refractivity contribution in [2.24, 2.45) is 0 Å². The fraction of sp³-hybridized carbons (Fsp3) is 0.382. The van der Waals surface area contributed by atoms with Crippen LogP contribution in [0.2, 0.25) is 10.0 Å². The number of methoxy groups -OCH3 is 1. The summed E-state index contributed by atoms with van der Waals surface area (Å²) in [6, 6.07) is 11.3. The molecule has 0 spiro atoms. The van der Waals surface area contributed by atoms with Gasteiger partial charge in [-0.05, 0) is 37.4 Å². The van der Waals surface area contributed by atoms with Crippen LogP contribution in [0.25, 0.3) is 22.4 Å². The van der Waals surface area contributed by atoms with Crippen molar-refractivity contribution in [3.8, 4) is 28.3 Å². The van der Waals surface area contributed by atoms with Crippen LogP contribution in [-0.4, -0.2) is 80.0 Å². The first kappa shape index (κ1) is 31.5. The summed E-state index contributed by atoms with van der Waals surface area (Å²) in [5, 5.41) is 10.5. The zero-order chi connectivity index (χ0) is 31.7. The lowest BCUT2D eigenvalue weighted by Crippen LogP contribution is -2.50. The van der Waals surface area contributed by atoms with Crippen molar-refractivity contribution >= 4 is 29.0 Å². The van der Waals surface area contributed by atoms with Gasteiger partial charge in [0.1, 0.15) is 5.69 Å². The highest BCUT2D eigenvalue weighted by Gasteiger charge is 2.27. The Balaban J connectivity index is 1.25. The molecule has 2 aromatic heterocycles. The van der Waals surface area contributed by atoms with Gasteiger partial charge in [-0.3, -0.25) is 19.6 Å². The zero-order valence-electron chi connectivity index (χ0n) is 25.7. The average molecular weight is 648 g/mol. The standard InChI is InChI=1S/C34H36Cl2N6O3/c1-4-12-41-13-11-23-20(2)38-33(39-28(23)18-41)30(44)14-21-7-5-8-24(31(21)35)25-9-6-10-26(32(25)36)27-15-37-29(34(40-27)45-3)19-42-16-22(43)17-42/h5-10,15,22,43H,4,11-14,16-19H2,1-3H3. The molecule has 2 aliphatic heterocycles. The van der Waals surface area contributed by atoms with E-state index in [1.807, 2.05) is 43.3 Å². The molecule has 0 radical (unpaired) electrons. The van der Waals surface area contributed by atoms with Gasteiger partial charge in [0.25, 0.3) is 0 Å². The number of likely N-dealkylation sites (tertiary alicyclic amines) is 1. The van der Waals surface area contributed by atoms with Crippen LogP contribution in [0, 0.1) is 6.92 Å². The van der Waals surface area contributed by atoms with Crippen LogP contribution >= 0.6 is 23.2 Å². The average Bonchev–Trinajstić information content (AvgIpc) is 3.02. The molecular formula is C34H36Cl2N6O3. The highest BCUT2D eigenvalue weighted by Crippen LogP contribution is 2.40. The molecule has 4 aromatic rings. The van der Waals surface area contributed by atoms with Gasteiger partial charge >= 0.3 is 0 Å². The first-order chi connectivity index (χ1) is 21.7. The number of rotatable bonds is 10. The molecule has 0 amide bonds. The third-order valence-corrected chi connectivity index (χ3v) is 9.30. The molecule has 0 atom stereocenters. The first-order valence-electron chi connectivity index (χ1n) is 15.2. The van der Waals surface area contributed by atoms with Crippen LogP contribution in [-0.2, 0) is 25.9 Å². The van der Waals surface area contributed by atoms with Crippen molar-refractivity contribution < 1.29 is 14.6 Å². The summed E-state index contributed by atoms with van der Waals surface area (Å²) in [6.45, 7) is 8.60. The van der Waals surface area contributed by atoms with E-state index in [0.717, 1.165) is 49.4 Å². The maximum Gasteiger partial charge on any atom is 0.237 e. The maximum atomic E-state index is 13.5. The normalized spacial score (nSPS) is 15.5. The fourth-order valence-corrected chi connectivity index (χ4v) is 6.72. The van der Waals surface area contributed by atoms with Crippen LogP contribution < -0.4 is 4.74 Å². The minimum Gasteiger partial charge on any atom is -0.480 e. The second-order valence-corrected chi connectivity index (χ2v) is 12.4. The van der Waals surface area contributed by atoms with Gasteiger partial charge in [-0.15, -0.1) is 0 Å². The maximum absolute atomic E-state index is 13.5. The number of halogens is 2. The van der Waals surface area contributed by atoms with E-state index >= 15 is 0 Å². The van der Waals surface area contributed by atoms with E-state index in [1.165, 1.54) is 0 Å². The SMILES string of the molecule is CCCN1CCc2c(C)nc(C(=O)Cc3cccc(-c4cccc(-c5cnc(CN6CC(O)C6)c(OC)n5)c4Cl)c3Cl)nc2C1. The molecule has 0 bridgehead atoms. The number of benzene rings is 2. The van der Waals surface area contributed by atoms with E-state index in [1.54, 1.807) is 13.3 Å². The number of aliphatic hydroxyl groups excluding tert-OH is 1. The number of nitrogens with zero attached hydrogens (tertiary/aromatic N) is 6. The van der Waals surface area contributed by atoms with Gasteiger partial charge in [0.15, 0.2) is 5.82 Å². The van der Waals surface area contributed by atoms with E-state index < -0.39 is 0 Å². The lowest BCUT2D eigenvalue weighted by Gasteiger charge is -2.35.